The second kappa shape index (κ2) is 7.79. The van der Waals surface area contributed by atoms with E-state index in [1.165, 1.54) is 0 Å². The number of nitrogens with two attached hydrogens (primary N) is 1. The Morgan fingerprint density at radius 3 is 2.63 bits per heavy atom. The fourth-order valence-electron chi connectivity index (χ4n) is 1.89. The van der Waals surface area contributed by atoms with Gasteiger partial charge >= 0.3 is 0 Å². The average Bonchev–Trinajstić information content (AvgIpc) is 2.36. The standard InChI is InChI=1S/C15H24N2O2/c1-11(6-5-7-12(2)16)15(19)17-10-13-8-3-4-9-14(13)18/h3-4,8-9,11-12,18H,5-7,10,16H2,1-2H3,(H,17,19). The molecule has 106 valence electrons. The van der Waals surface area contributed by atoms with Crippen LogP contribution in [0, 0.1) is 5.92 Å². The molecule has 0 aliphatic carbocycles. The van der Waals surface area contributed by atoms with E-state index in [0.717, 1.165) is 24.8 Å². The van der Waals surface area contributed by atoms with Crippen LogP contribution in [0.3, 0.4) is 0 Å². The van der Waals surface area contributed by atoms with E-state index in [9.17, 15) is 9.90 Å². The van der Waals surface area contributed by atoms with Gasteiger partial charge in [-0.05, 0) is 25.8 Å². The lowest BCUT2D eigenvalue weighted by Gasteiger charge is -2.13. The van der Waals surface area contributed by atoms with Crippen molar-refractivity contribution in [2.24, 2.45) is 11.7 Å². The highest BCUT2D eigenvalue weighted by Crippen LogP contribution is 2.15. The third-order valence-electron chi connectivity index (χ3n) is 3.19. The highest BCUT2D eigenvalue weighted by atomic mass is 16.3. The third kappa shape index (κ3) is 5.75. The Balaban J connectivity index is 2.32. The zero-order valence-electron chi connectivity index (χ0n) is 11.7. The number of amides is 1. The zero-order chi connectivity index (χ0) is 14.3. The summed E-state index contributed by atoms with van der Waals surface area (Å²) >= 11 is 0. The predicted octanol–water partition coefficient (Wildman–Crippen LogP) is 2.16. The summed E-state index contributed by atoms with van der Waals surface area (Å²) in [6.45, 7) is 4.26. The van der Waals surface area contributed by atoms with E-state index in [0.29, 0.717) is 6.54 Å². The van der Waals surface area contributed by atoms with Crippen molar-refractivity contribution >= 4 is 5.91 Å². The molecule has 1 aromatic rings. The number of aromatic hydroxyl groups is 1. The molecule has 0 fully saturated rings. The summed E-state index contributed by atoms with van der Waals surface area (Å²) in [4.78, 5) is 11.9. The molecule has 0 aliphatic heterocycles. The van der Waals surface area contributed by atoms with E-state index in [4.69, 9.17) is 5.73 Å². The van der Waals surface area contributed by atoms with Crippen LogP contribution in [0.5, 0.6) is 5.75 Å². The molecule has 4 nitrogen and oxygen atoms in total. The van der Waals surface area contributed by atoms with Crippen molar-refractivity contribution in [1.82, 2.24) is 5.32 Å². The predicted molar refractivity (Wildman–Crippen MR) is 76.6 cm³/mol. The molecule has 0 saturated heterocycles. The fourth-order valence-corrected chi connectivity index (χ4v) is 1.89. The number of benzene rings is 1. The van der Waals surface area contributed by atoms with Gasteiger partial charge in [-0.1, -0.05) is 31.5 Å². The van der Waals surface area contributed by atoms with Gasteiger partial charge in [0.15, 0.2) is 0 Å². The van der Waals surface area contributed by atoms with E-state index in [1.807, 2.05) is 19.9 Å². The topological polar surface area (TPSA) is 75.4 Å². The summed E-state index contributed by atoms with van der Waals surface area (Å²) in [6, 6.07) is 7.21. The lowest BCUT2D eigenvalue weighted by atomic mass is 10.0. The number of carbonyl (C=O) groups is 1. The largest absolute Gasteiger partial charge is 0.508 e. The second-order valence-corrected chi connectivity index (χ2v) is 5.16. The first-order valence-corrected chi connectivity index (χ1v) is 6.81. The first-order valence-electron chi connectivity index (χ1n) is 6.81. The quantitative estimate of drug-likeness (QED) is 0.706. The van der Waals surface area contributed by atoms with Crippen molar-refractivity contribution in [3.05, 3.63) is 29.8 Å². The Hall–Kier alpha value is -1.55. The molecule has 0 heterocycles. The van der Waals surface area contributed by atoms with Crippen LogP contribution in [0.1, 0.15) is 38.7 Å². The number of carbonyl (C=O) groups excluding carboxylic acids is 1. The van der Waals surface area contributed by atoms with Crippen LogP contribution in [0.2, 0.25) is 0 Å². The summed E-state index contributed by atoms with van der Waals surface area (Å²) in [7, 11) is 0. The van der Waals surface area contributed by atoms with Crippen LogP contribution < -0.4 is 11.1 Å². The lowest BCUT2D eigenvalue weighted by Crippen LogP contribution is -2.29. The van der Waals surface area contributed by atoms with Crippen LogP contribution in [0.25, 0.3) is 0 Å². The minimum absolute atomic E-state index is 0.0212. The number of nitrogens with one attached hydrogen (secondary N) is 1. The highest BCUT2D eigenvalue weighted by Gasteiger charge is 2.13. The lowest BCUT2D eigenvalue weighted by molar-refractivity contribution is -0.124. The molecule has 19 heavy (non-hydrogen) atoms. The first-order chi connectivity index (χ1) is 9.00. The van der Waals surface area contributed by atoms with Gasteiger partial charge in [0.1, 0.15) is 5.75 Å². The number of rotatable bonds is 7. The Bertz CT molecular complexity index is 405. The minimum atomic E-state index is -0.0235. The number of hydrogen-bond acceptors (Lipinski definition) is 3. The molecule has 2 atom stereocenters. The molecular weight excluding hydrogens is 240 g/mol. The van der Waals surface area contributed by atoms with E-state index < -0.39 is 0 Å². The van der Waals surface area contributed by atoms with Crippen LogP contribution in [-0.2, 0) is 11.3 Å². The molecule has 0 spiro atoms. The molecule has 0 bridgehead atoms. The molecule has 1 aromatic carbocycles. The second-order valence-electron chi connectivity index (χ2n) is 5.16. The van der Waals surface area contributed by atoms with Crippen molar-refractivity contribution in [2.75, 3.05) is 0 Å². The smallest absolute Gasteiger partial charge is 0.223 e. The van der Waals surface area contributed by atoms with Gasteiger partial charge in [0.25, 0.3) is 0 Å². The molecule has 2 unspecified atom stereocenters. The van der Waals surface area contributed by atoms with E-state index in [-0.39, 0.29) is 23.6 Å². The summed E-state index contributed by atoms with van der Waals surface area (Å²) in [5, 5.41) is 12.4. The number of para-hydroxylation sites is 1. The summed E-state index contributed by atoms with van der Waals surface area (Å²) in [6.07, 6.45) is 2.74. The van der Waals surface area contributed by atoms with E-state index >= 15 is 0 Å². The molecule has 0 radical (unpaired) electrons. The van der Waals surface area contributed by atoms with Gasteiger partial charge in [-0.2, -0.15) is 0 Å². The summed E-state index contributed by atoms with van der Waals surface area (Å²) < 4.78 is 0. The molecular formula is C15H24N2O2. The van der Waals surface area contributed by atoms with Gasteiger partial charge in [-0.3, -0.25) is 4.79 Å². The Morgan fingerprint density at radius 2 is 2.00 bits per heavy atom. The maximum absolute atomic E-state index is 11.9. The maximum atomic E-state index is 11.9. The third-order valence-corrected chi connectivity index (χ3v) is 3.19. The van der Waals surface area contributed by atoms with Gasteiger partial charge in [0, 0.05) is 24.1 Å². The molecule has 0 saturated carbocycles. The molecule has 4 N–H and O–H groups in total. The van der Waals surface area contributed by atoms with E-state index in [1.54, 1.807) is 18.2 Å². The van der Waals surface area contributed by atoms with Crippen molar-refractivity contribution in [2.45, 2.75) is 45.7 Å². The van der Waals surface area contributed by atoms with Crippen molar-refractivity contribution in [1.29, 1.82) is 0 Å². The molecule has 4 heteroatoms. The van der Waals surface area contributed by atoms with Gasteiger partial charge < -0.3 is 16.2 Å². The Morgan fingerprint density at radius 1 is 1.32 bits per heavy atom. The van der Waals surface area contributed by atoms with Crippen LogP contribution >= 0.6 is 0 Å². The monoisotopic (exact) mass is 264 g/mol. The maximum Gasteiger partial charge on any atom is 0.223 e. The SMILES string of the molecule is CC(N)CCCC(C)C(=O)NCc1ccccc1O. The number of hydrogen-bond donors (Lipinski definition) is 3. The van der Waals surface area contributed by atoms with Gasteiger partial charge in [0.2, 0.25) is 5.91 Å². The minimum Gasteiger partial charge on any atom is -0.508 e. The van der Waals surface area contributed by atoms with Gasteiger partial charge in [0.05, 0.1) is 0 Å². The molecule has 0 aromatic heterocycles. The normalized spacial score (nSPS) is 13.8. The van der Waals surface area contributed by atoms with Crippen LogP contribution in [0.15, 0.2) is 24.3 Å². The molecule has 1 rings (SSSR count). The Labute approximate surface area is 115 Å². The van der Waals surface area contributed by atoms with Crippen molar-refractivity contribution in [3.8, 4) is 5.75 Å². The summed E-state index contributed by atoms with van der Waals surface area (Å²) in [5.41, 5.74) is 6.41. The highest BCUT2D eigenvalue weighted by molar-refractivity contribution is 5.78. The zero-order valence-corrected chi connectivity index (χ0v) is 11.7. The summed E-state index contributed by atoms with van der Waals surface area (Å²) in [5.74, 6) is 0.213. The van der Waals surface area contributed by atoms with Crippen LogP contribution in [0.4, 0.5) is 0 Å². The average molecular weight is 264 g/mol. The fraction of sp³-hybridized carbons (Fsp3) is 0.533. The molecule has 0 aliphatic rings. The van der Waals surface area contributed by atoms with Gasteiger partial charge in [-0.25, -0.2) is 0 Å². The van der Waals surface area contributed by atoms with Crippen molar-refractivity contribution < 1.29 is 9.90 Å². The number of phenols is 1. The Kier molecular flexibility index (Phi) is 6.36. The first kappa shape index (κ1) is 15.5. The van der Waals surface area contributed by atoms with E-state index in [2.05, 4.69) is 5.32 Å². The van der Waals surface area contributed by atoms with Crippen LogP contribution in [-0.4, -0.2) is 17.1 Å². The van der Waals surface area contributed by atoms with Crippen molar-refractivity contribution in [3.63, 3.8) is 0 Å². The molecule has 1 amide bonds. The number of phenolic OH excluding ortho intramolecular Hbond substituents is 1. The van der Waals surface area contributed by atoms with Gasteiger partial charge in [-0.15, -0.1) is 0 Å².